The maximum absolute atomic E-state index is 9.72. The number of aliphatic hydroxyl groups is 1. The van der Waals surface area contributed by atoms with Crippen LogP contribution in [0.15, 0.2) is 23.7 Å². The zero-order valence-electron chi connectivity index (χ0n) is 13.9. The summed E-state index contributed by atoms with van der Waals surface area (Å²) in [5.74, 6) is 0. The molecule has 114 valence electrons. The van der Waals surface area contributed by atoms with E-state index in [1.165, 1.54) is 11.1 Å². The minimum Gasteiger partial charge on any atom is -0.400 e. The van der Waals surface area contributed by atoms with Crippen molar-refractivity contribution in [2.75, 3.05) is 6.61 Å². The van der Waals surface area contributed by atoms with Gasteiger partial charge >= 0.3 is 7.12 Å². The Morgan fingerprint density at radius 1 is 1.14 bits per heavy atom. The van der Waals surface area contributed by atoms with Gasteiger partial charge < -0.3 is 14.4 Å². The fraction of sp³-hybridized carbons (Fsp3) is 0.529. The van der Waals surface area contributed by atoms with Gasteiger partial charge in [0.05, 0.1) is 17.8 Å². The van der Waals surface area contributed by atoms with Gasteiger partial charge in [-0.15, -0.1) is 0 Å². The fourth-order valence-corrected chi connectivity index (χ4v) is 2.30. The Hall–Kier alpha value is -1.10. The molecule has 0 unspecified atom stereocenters. The first-order chi connectivity index (χ1) is 9.66. The van der Waals surface area contributed by atoms with Crippen molar-refractivity contribution in [1.29, 1.82) is 0 Å². The molecule has 0 aliphatic carbocycles. The molecule has 0 aromatic heterocycles. The molecule has 1 N–H and O–H groups in total. The molecule has 1 fully saturated rings. The monoisotopic (exact) mass is 288 g/mol. The summed E-state index contributed by atoms with van der Waals surface area (Å²) in [7, 11) is -0.500. The summed E-state index contributed by atoms with van der Waals surface area (Å²) in [4.78, 5) is 0. The largest absolute Gasteiger partial charge is 0.492 e. The maximum atomic E-state index is 9.72. The van der Waals surface area contributed by atoms with Crippen LogP contribution in [-0.2, 0) is 9.31 Å². The van der Waals surface area contributed by atoms with Crippen LogP contribution in [-0.4, -0.2) is 30.0 Å². The minimum atomic E-state index is -0.500. The molecule has 0 spiro atoms. The second-order valence-electron chi connectivity index (χ2n) is 6.83. The third-order valence-electron chi connectivity index (χ3n) is 4.51. The van der Waals surface area contributed by atoms with E-state index in [1.807, 2.05) is 33.8 Å². The smallest absolute Gasteiger partial charge is 0.400 e. The quantitative estimate of drug-likeness (QED) is 0.867. The highest BCUT2D eigenvalue weighted by atomic mass is 16.7. The van der Waals surface area contributed by atoms with Gasteiger partial charge in [-0.05, 0) is 58.1 Å². The van der Waals surface area contributed by atoms with E-state index in [9.17, 15) is 5.11 Å². The minimum absolute atomic E-state index is 0.0792. The molecule has 3 nitrogen and oxygen atoms in total. The highest BCUT2D eigenvalue weighted by molar-refractivity contribution is 6.55. The van der Waals surface area contributed by atoms with Gasteiger partial charge in [-0.3, -0.25) is 0 Å². The van der Waals surface area contributed by atoms with E-state index >= 15 is 0 Å². The molecule has 4 heteroatoms. The lowest BCUT2D eigenvalue weighted by atomic mass is 9.77. The Morgan fingerprint density at radius 3 is 2.24 bits per heavy atom. The van der Waals surface area contributed by atoms with Crippen LogP contribution in [0, 0.1) is 13.8 Å². The van der Waals surface area contributed by atoms with E-state index in [4.69, 9.17) is 9.31 Å². The number of aryl methyl sites for hydroxylation is 2. The van der Waals surface area contributed by atoms with E-state index in [0.717, 1.165) is 11.0 Å². The molecule has 0 atom stereocenters. The summed E-state index contributed by atoms with van der Waals surface area (Å²) in [6.07, 6.45) is 1.98. The molecule has 1 aliphatic rings. The van der Waals surface area contributed by atoms with Crippen molar-refractivity contribution >= 4 is 13.2 Å². The number of benzene rings is 1. The molecular formula is C17H25BO3. The van der Waals surface area contributed by atoms with Crippen LogP contribution >= 0.6 is 0 Å². The summed E-state index contributed by atoms with van der Waals surface area (Å²) in [6, 6.07) is 6.27. The topological polar surface area (TPSA) is 38.7 Å². The number of hydrogen-bond donors (Lipinski definition) is 1. The summed E-state index contributed by atoms with van der Waals surface area (Å²) < 4.78 is 12.0. The first-order valence-corrected chi connectivity index (χ1v) is 7.40. The van der Waals surface area contributed by atoms with Crippen molar-refractivity contribution in [3.8, 4) is 0 Å². The molecule has 1 aliphatic heterocycles. The molecule has 1 heterocycles. The Balaban J connectivity index is 2.33. The van der Waals surface area contributed by atoms with Crippen molar-refractivity contribution in [3.05, 3.63) is 40.4 Å². The predicted octanol–water partition coefficient (Wildman–Crippen LogP) is 3.31. The van der Waals surface area contributed by atoms with Gasteiger partial charge in [-0.1, -0.05) is 29.8 Å². The predicted molar refractivity (Wildman–Crippen MR) is 87.1 cm³/mol. The Kier molecular flexibility index (Phi) is 4.34. The maximum Gasteiger partial charge on any atom is 0.492 e. The normalized spacial score (nSPS) is 20.9. The summed E-state index contributed by atoms with van der Waals surface area (Å²) in [5.41, 5.74) is 3.42. The van der Waals surface area contributed by atoms with Gasteiger partial charge in [0, 0.05) is 0 Å². The average Bonchev–Trinajstić information content (AvgIpc) is 2.59. The SMILES string of the molecule is Cc1ccc(C)c(C=C(CO)B2OC(C)(C)C(C)(C)O2)c1. The van der Waals surface area contributed by atoms with Crippen LogP contribution in [0.1, 0.15) is 44.4 Å². The van der Waals surface area contributed by atoms with Crippen molar-refractivity contribution in [3.63, 3.8) is 0 Å². The lowest BCUT2D eigenvalue weighted by molar-refractivity contribution is 0.00578. The number of rotatable bonds is 3. The van der Waals surface area contributed by atoms with E-state index in [0.29, 0.717) is 0 Å². The average molecular weight is 288 g/mol. The standard InChI is InChI=1S/C17H25BO3/c1-12-7-8-13(2)14(9-12)10-15(11-19)18-20-16(3,4)17(5,6)21-18/h7-10,19H,11H2,1-6H3. The summed E-state index contributed by atoms with van der Waals surface area (Å²) in [5, 5.41) is 9.72. The second kappa shape index (κ2) is 5.60. The van der Waals surface area contributed by atoms with E-state index < -0.39 is 18.3 Å². The third-order valence-corrected chi connectivity index (χ3v) is 4.51. The van der Waals surface area contributed by atoms with Gasteiger partial charge in [0.1, 0.15) is 0 Å². The van der Waals surface area contributed by atoms with Crippen LogP contribution in [0.2, 0.25) is 0 Å². The fourth-order valence-electron chi connectivity index (χ4n) is 2.30. The Bertz CT molecular complexity index is 545. The zero-order chi connectivity index (χ0) is 15.8. The first kappa shape index (κ1) is 16.3. The van der Waals surface area contributed by atoms with E-state index in [1.54, 1.807) is 0 Å². The first-order valence-electron chi connectivity index (χ1n) is 7.40. The molecule has 0 saturated carbocycles. The molecule has 0 bridgehead atoms. The highest BCUT2D eigenvalue weighted by Gasteiger charge is 2.52. The molecule has 2 rings (SSSR count). The Morgan fingerprint density at radius 2 is 1.71 bits per heavy atom. The molecule has 0 amide bonds. The Labute approximate surface area is 128 Å². The summed E-state index contributed by atoms with van der Waals surface area (Å²) in [6.45, 7) is 12.1. The lowest BCUT2D eigenvalue weighted by Gasteiger charge is -2.32. The lowest BCUT2D eigenvalue weighted by Crippen LogP contribution is -2.41. The zero-order valence-corrected chi connectivity index (χ0v) is 13.9. The molecule has 21 heavy (non-hydrogen) atoms. The molecule has 1 aromatic rings. The third kappa shape index (κ3) is 3.23. The number of hydrogen-bond acceptors (Lipinski definition) is 3. The van der Waals surface area contributed by atoms with Crippen molar-refractivity contribution in [1.82, 2.24) is 0 Å². The van der Waals surface area contributed by atoms with E-state index in [-0.39, 0.29) is 6.61 Å². The molecule has 1 aromatic carbocycles. The van der Waals surface area contributed by atoms with Gasteiger partial charge in [0.25, 0.3) is 0 Å². The van der Waals surface area contributed by atoms with Crippen molar-refractivity contribution in [2.45, 2.75) is 52.7 Å². The van der Waals surface area contributed by atoms with Crippen molar-refractivity contribution in [2.24, 2.45) is 0 Å². The van der Waals surface area contributed by atoms with Crippen LogP contribution in [0.25, 0.3) is 6.08 Å². The van der Waals surface area contributed by atoms with Gasteiger partial charge in [-0.2, -0.15) is 0 Å². The molecular weight excluding hydrogens is 263 g/mol. The molecule has 1 saturated heterocycles. The van der Waals surface area contributed by atoms with Crippen LogP contribution < -0.4 is 0 Å². The molecule has 0 radical (unpaired) electrons. The number of aliphatic hydroxyl groups excluding tert-OH is 1. The van der Waals surface area contributed by atoms with Gasteiger partial charge in [-0.25, -0.2) is 0 Å². The van der Waals surface area contributed by atoms with Crippen LogP contribution in [0.3, 0.4) is 0 Å². The van der Waals surface area contributed by atoms with Gasteiger partial charge in [0.15, 0.2) is 0 Å². The van der Waals surface area contributed by atoms with Crippen molar-refractivity contribution < 1.29 is 14.4 Å². The van der Waals surface area contributed by atoms with Crippen LogP contribution in [0.5, 0.6) is 0 Å². The van der Waals surface area contributed by atoms with Gasteiger partial charge in [0.2, 0.25) is 0 Å². The van der Waals surface area contributed by atoms with E-state index in [2.05, 4.69) is 32.0 Å². The summed E-state index contributed by atoms with van der Waals surface area (Å²) >= 11 is 0. The van der Waals surface area contributed by atoms with Crippen LogP contribution in [0.4, 0.5) is 0 Å². The highest BCUT2D eigenvalue weighted by Crippen LogP contribution is 2.38. The second-order valence-corrected chi connectivity index (χ2v) is 6.83.